The average molecular weight is 296 g/mol. The molecule has 1 heterocycles. The number of hydrogen-bond acceptors (Lipinski definition) is 5. The second kappa shape index (κ2) is 6.14. The van der Waals surface area contributed by atoms with Crippen LogP contribution in [-0.2, 0) is 4.74 Å². The lowest BCUT2D eigenvalue weighted by molar-refractivity contribution is -0.136. The van der Waals surface area contributed by atoms with Crippen LogP contribution in [0, 0.1) is 0 Å². The quantitative estimate of drug-likeness (QED) is 0.819. The topological polar surface area (TPSA) is 64.3 Å². The zero-order valence-electron chi connectivity index (χ0n) is 10.5. The molecule has 0 aliphatic heterocycles. The molecule has 1 aromatic heterocycles. The molecular weight excluding hydrogens is 281 g/mol. The first-order chi connectivity index (χ1) is 8.73. The third-order valence-electron chi connectivity index (χ3n) is 2.15. The van der Waals surface area contributed by atoms with Crippen molar-refractivity contribution >= 4 is 28.0 Å². The summed E-state index contributed by atoms with van der Waals surface area (Å²) in [6.45, 7) is 3.28. The second-order valence-corrected chi connectivity index (χ2v) is 5.03. The van der Waals surface area contributed by atoms with Crippen molar-refractivity contribution in [3.8, 4) is 0 Å². The van der Waals surface area contributed by atoms with Gasteiger partial charge in [0.2, 0.25) is 0 Å². The number of carbonyl (C=O) groups is 1. The third-order valence-corrected chi connectivity index (χ3v) is 3.21. The van der Waals surface area contributed by atoms with Gasteiger partial charge in [0.1, 0.15) is 4.88 Å². The van der Waals surface area contributed by atoms with Gasteiger partial charge in [-0.2, -0.15) is 13.2 Å². The predicted molar refractivity (Wildman–Crippen MR) is 68.4 cm³/mol. The molecule has 0 aliphatic carbocycles. The second-order valence-electron chi connectivity index (χ2n) is 3.98. The summed E-state index contributed by atoms with van der Waals surface area (Å²) in [6, 6.07) is 0.636. The molecule has 1 rings (SSSR count). The molecular formula is C11H15F3N2O2S. The number of ether oxygens (including phenoxy) is 1. The van der Waals surface area contributed by atoms with E-state index >= 15 is 0 Å². The van der Waals surface area contributed by atoms with E-state index in [9.17, 15) is 18.0 Å². The highest BCUT2D eigenvalue weighted by Crippen LogP contribution is 2.31. The van der Waals surface area contributed by atoms with Crippen molar-refractivity contribution in [2.24, 2.45) is 0 Å². The number of thiophene rings is 1. The molecule has 19 heavy (non-hydrogen) atoms. The number of hydrogen-bond donors (Lipinski definition) is 2. The average Bonchev–Trinajstić information content (AvgIpc) is 2.56. The molecule has 0 amide bonds. The van der Waals surface area contributed by atoms with Crippen LogP contribution < -0.4 is 11.1 Å². The van der Waals surface area contributed by atoms with Gasteiger partial charge < -0.3 is 15.8 Å². The molecule has 0 fully saturated rings. The monoisotopic (exact) mass is 296 g/mol. The van der Waals surface area contributed by atoms with Gasteiger partial charge in [-0.1, -0.05) is 0 Å². The smallest absolute Gasteiger partial charge is 0.391 e. The fourth-order valence-electron chi connectivity index (χ4n) is 1.47. The Morgan fingerprint density at radius 1 is 1.58 bits per heavy atom. The van der Waals surface area contributed by atoms with E-state index in [-0.39, 0.29) is 17.2 Å². The van der Waals surface area contributed by atoms with Gasteiger partial charge in [-0.15, -0.1) is 11.3 Å². The van der Waals surface area contributed by atoms with Crippen molar-refractivity contribution < 1.29 is 22.7 Å². The van der Waals surface area contributed by atoms with Gasteiger partial charge in [0.25, 0.3) is 0 Å². The Labute approximate surface area is 112 Å². The molecule has 1 aromatic rings. The minimum absolute atomic E-state index is 0.198. The van der Waals surface area contributed by atoms with Gasteiger partial charge in [-0.3, -0.25) is 0 Å². The summed E-state index contributed by atoms with van der Waals surface area (Å²) in [4.78, 5) is 11.7. The van der Waals surface area contributed by atoms with Crippen LogP contribution in [0.3, 0.4) is 0 Å². The Morgan fingerprint density at radius 3 is 2.74 bits per heavy atom. The lowest BCUT2D eigenvalue weighted by atomic mass is 10.2. The maximum absolute atomic E-state index is 12.2. The van der Waals surface area contributed by atoms with E-state index in [4.69, 9.17) is 10.5 Å². The summed E-state index contributed by atoms with van der Waals surface area (Å²) < 4.78 is 41.4. The summed E-state index contributed by atoms with van der Waals surface area (Å²) in [7, 11) is 0. The van der Waals surface area contributed by atoms with Crippen LogP contribution in [0.5, 0.6) is 0 Å². The first-order valence-electron chi connectivity index (χ1n) is 5.62. The Hall–Kier alpha value is -1.44. The third kappa shape index (κ3) is 4.98. The van der Waals surface area contributed by atoms with Crippen LogP contribution in [0.1, 0.15) is 29.9 Å². The van der Waals surface area contributed by atoms with Crippen molar-refractivity contribution in [3.63, 3.8) is 0 Å². The molecule has 0 radical (unpaired) electrons. The largest absolute Gasteiger partial charge is 0.462 e. The molecule has 1 unspecified atom stereocenters. The van der Waals surface area contributed by atoms with Crippen LogP contribution in [-0.4, -0.2) is 24.8 Å². The number of esters is 1. The van der Waals surface area contributed by atoms with Crippen LogP contribution in [0.4, 0.5) is 23.9 Å². The Bertz CT molecular complexity index is 446. The predicted octanol–water partition coefficient (Wildman–Crippen LogP) is 3.26. The number of alkyl halides is 3. The number of halogens is 3. The molecule has 4 nitrogen and oxygen atoms in total. The van der Waals surface area contributed by atoms with Gasteiger partial charge in [0, 0.05) is 6.04 Å². The molecule has 0 spiro atoms. The van der Waals surface area contributed by atoms with Gasteiger partial charge in [-0.05, 0) is 19.9 Å². The molecule has 3 N–H and O–H groups in total. The summed E-state index contributed by atoms with van der Waals surface area (Å²) >= 11 is 0.984. The molecule has 0 saturated heterocycles. The number of carbonyl (C=O) groups excluding carboxylic acids is 1. The van der Waals surface area contributed by atoms with E-state index in [2.05, 4.69) is 5.32 Å². The first-order valence-corrected chi connectivity index (χ1v) is 6.44. The normalized spacial score (nSPS) is 13.1. The van der Waals surface area contributed by atoms with Crippen LogP contribution in [0.25, 0.3) is 0 Å². The highest BCUT2D eigenvalue weighted by molar-refractivity contribution is 7.18. The van der Waals surface area contributed by atoms with Crippen LogP contribution in [0.2, 0.25) is 0 Å². The number of nitrogens with one attached hydrogen (secondary N) is 1. The molecule has 1 atom stereocenters. The number of nitrogens with two attached hydrogens (primary N) is 1. The SMILES string of the molecule is CCOC(=O)c1sc(NC(C)CC(F)(F)F)cc1N. The number of nitrogen functional groups attached to an aromatic ring is 1. The van der Waals surface area contributed by atoms with Crippen molar-refractivity contribution in [2.45, 2.75) is 32.5 Å². The van der Waals surface area contributed by atoms with E-state index < -0.39 is 24.6 Å². The molecule has 0 bridgehead atoms. The van der Waals surface area contributed by atoms with Crippen molar-refractivity contribution in [3.05, 3.63) is 10.9 Å². The van der Waals surface area contributed by atoms with E-state index in [1.165, 1.54) is 13.0 Å². The first kappa shape index (κ1) is 15.6. The highest BCUT2D eigenvalue weighted by Gasteiger charge is 2.30. The van der Waals surface area contributed by atoms with Gasteiger partial charge in [0.15, 0.2) is 0 Å². The maximum Gasteiger partial charge on any atom is 0.391 e. The zero-order valence-corrected chi connectivity index (χ0v) is 11.3. The Balaban J connectivity index is 2.71. The minimum Gasteiger partial charge on any atom is -0.462 e. The fraction of sp³-hybridized carbons (Fsp3) is 0.545. The number of rotatable bonds is 5. The van der Waals surface area contributed by atoms with Gasteiger partial charge in [-0.25, -0.2) is 4.79 Å². The van der Waals surface area contributed by atoms with Crippen molar-refractivity contribution in [1.82, 2.24) is 0 Å². The Kier molecular flexibility index (Phi) is 5.04. The van der Waals surface area contributed by atoms with Crippen LogP contribution >= 0.6 is 11.3 Å². The van der Waals surface area contributed by atoms with Crippen molar-refractivity contribution in [1.29, 1.82) is 0 Å². The molecule has 8 heteroatoms. The van der Waals surface area contributed by atoms with E-state index in [1.807, 2.05) is 0 Å². The fourth-order valence-corrected chi connectivity index (χ4v) is 2.46. The van der Waals surface area contributed by atoms with Gasteiger partial charge in [0.05, 0.1) is 23.7 Å². The maximum atomic E-state index is 12.2. The summed E-state index contributed by atoms with van der Waals surface area (Å²) in [5, 5.41) is 3.08. The standard InChI is InChI=1S/C11H15F3N2O2S/c1-3-18-10(17)9-7(15)4-8(19-9)16-6(2)5-11(12,13)14/h4,6,16H,3,5,15H2,1-2H3. The van der Waals surface area contributed by atoms with Crippen LogP contribution in [0.15, 0.2) is 6.07 Å². The Morgan fingerprint density at radius 2 is 2.21 bits per heavy atom. The highest BCUT2D eigenvalue weighted by atomic mass is 32.1. The summed E-state index contributed by atoms with van der Waals surface area (Å²) in [6.07, 6.45) is -5.20. The zero-order chi connectivity index (χ0) is 14.6. The van der Waals surface area contributed by atoms with Crippen molar-refractivity contribution in [2.75, 3.05) is 17.7 Å². The summed E-state index contributed by atoms with van der Waals surface area (Å²) in [5.74, 6) is -0.568. The van der Waals surface area contributed by atoms with E-state index in [0.717, 1.165) is 11.3 Å². The summed E-state index contributed by atoms with van der Waals surface area (Å²) in [5.41, 5.74) is 5.82. The number of anilines is 2. The van der Waals surface area contributed by atoms with E-state index in [0.29, 0.717) is 5.00 Å². The molecule has 0 saturated carbocycles. The van der Waals surface area contributed by atoms with E-state index in [1.54, 1.807) is 6.92 Å². The lowest BCUT2D eigenvalue weighted by Gasteiger charge is -2.15. The molecule has 0 aromatic carbocycles. The van der Waals surface area contributed by atoms with Gasteiger partial charge >= 0.3 is 12.1 Å². The minimum atomic E-state index is -4.24. The lowest BCUT2D eigenvalue weighted by Crippen LogP contribution is -2.23. The molecule has 108 valence electrons. The molecule has 0 aliphatic rings.